The Balaban J connectivity index is 2.61. The van der Waals surface area contributed by atoms with Gasteiger partial charge in [-0.3, -0.25) is 4.79 Å². The van der Waals surface area contributed by atoms with Crippen LogP contribution < -0.4 is 9.64 Å². The molecule has 0 N–H and O–H groups in total. The molecular formula is C15H23NO2. The molecule has 1 amide bonds. The van der Waals surface area contributed by atoms with Crippen molar-refractivity contribution >= 4 is 11.6 Å². The molecule has 0 saturated heterocycles. The summed E-state index contributed by atoms with van der Waals surface area (Å²) in [7, 11) is 1.81. The van der Waals surface area contributed by atoms with Crippen LogP contribution in [0.25, 0.3) is 0 Å². The number of rotatable bonds is 6. The number of carbonyl (C=O) groups excluding carboxylic acids is 1. The van der Waals surface area contributed by atoms with E-state index in [2.05, 4.69) is 13.8 Å². The number of anilines is 1. The fourth-order valence-electron chi connectivity index (χ4n) is 1.55. The Hall–Kier alpha value is -1.51. The normalized spacial score (nSPS) is 10.5. The molecule has 1 rings (SSSR count). The van der Waals surface area contributed by atoms with Crippen LogP contribution in [0.2, 0.25) is 0 Å². The van der Waals surface area contributed by atoms with E-state index < -0.39 is 0 Å². The molecular weight excluding hydrogens is 226 g/mol. The number of hydrogen-bond acceptors (Lipinski definition) is 2. The summed E-state index contributed by atoms with van der Waals surface area (Å²) in [6.45, 7) is 6.95. The quantitative estimate of drug-likeness (QED) is 0.772. The van der Waals surface area contributed by atoms with Gasteiger partial charge in [0.1, 0.15) is 5.75 Å². The number of nitrogens with zero attached hydrogens (tertiary/aromatic N) is 1. The predicted octanol–water partition coefficient (Wildman–Crippen LogP) is 3.48. The first kappa shape index (κ1) is 14.6. The van der Waals surface area contributed by atoms with Gasteiger partial charge >= 0.3 is 0 Å². The zero-order chi connectivity index (χ0) is 13.5. The lowest BCUT2D eigenvalue weighted by Gasteiger charge is -2.17. The Kier molecular flexibility index (Phi) is 5.69. The Morgan fingerprint density at radius 1 is 1.28 bits per heavy atom. The molecule has 3 heteroatoms. The first-order valence-electron chi connectivity index (χ1n) is 6.54. The van der Waals surface area contributed by atoms with Crippen molar-refractivity contribution in [1.82, 2.24) is 0 Å². The molecule has 0 fully saturated rings. The molecule has 0 bridgehead atoms. The third-order valence-electron chi connectivity index (χ3n) is 2.65. The van der Waals surface area contributed by atoms with Gasteiger partial charge in [-0.2, -0.15) is 0 Å². The lowest BCUT2D eigenvalue weighted by Crippen LogP contribution is -2.25. The van der Waals surface area contributed by atoms with E-state index in [1.807, 2.05) is 38.2 Å². The Bertz CT molecular complexity index is 371. The number of carbonyl (C=O) groups is 1. The molecule has 1 aromatic rings. The molecule has 0 atom stereocenters. The first-order chi connectivity index (χ1) is 8.54. The minimum atomic E-state index is 0.147. The standard InChI is InChI=1S/C15H23NO2/c1-5-6-15(17)16(4)13-7-9-14(10-8-13)18-11-12(2)3/h7-10,12H,5-6,11H2,1-4H3. The van der Waals surface area contributed by atoms with E-state index in [0.717, 1.165) is 17.9 Å². The fourth-order valence-corrected chi connectivity index (χ4v) is 1.55. The molecule has 0 spiro atoms. The van der Waals surface area contributed by atoms with E-state index in [4.69, 9.17) is 4.74 Å². The van der Waals surface area contributed by atoms with E-state index >= 15 is 0 Å². The summed E-state index contributed by atoms with van der Waals surface area (Å²) in [5, 5.41) is 0. The van der Waals surface area contributed by atoms with Gasteiger partial charge in [-0.1, -0.05) is 20.8 Å². The van der Waals surface area contributed by atoms with Gasteiger partial charge in [-0.25, -0.2) is 0 Å². The maximum atomic E-state index is 11.7. The molecule has 0 aliphatic heterocycles. The van der Waals surface area contributed by atoms with Crippen molar-refractivity contribution in [3.63, 3.8) is 0 Å². The summed E-state index contributed by atoms with van der Waals surface area (Å²) in [6.07, 6.45) is 1.46. The molecule has 0 aliphatic rings. The van der Waals surface area contributed by atoms with Crippen molar-refractivity contribution in [1.29, 1.82) is 0 Å². The average molecular weight is 249 g/mol. The number of benzene rings is 1. The Morgan fingerprint density at radius 2 is 1.89 bits per heavy atom. The van der Waals surface area contributed by atoms with Gasteiger partial charge in [0.25, 0.3) is 0 Å². The van der Waals surface area contributed by atoms with Crippen molar-refractivity contribution in [2.45, 2.75) is 33.6 Å². The molecule has 0 saturated carbocycles. The van der Waals surface area contributed by atoms with Crippen LogP contribution in [-0.4, -0.2) is 19.6 Å². The molecule has 0 heterocycles. The van der Waals surface area contributed by atoms with Crippen LogP contribution in [0.4, 0.5) is 5.69 Å². The highest BCUT2D eigenvalue weighted by molar-refractivity contribution is 5.92. The van der Waals surface area contributed by atoms with E-state index in [0.29, 0.717) is 18.9 Å². The van der Waals surface area contributed by atoms with E-state index in [9.17, 15) is 4.79 Å². The van der Waals surface area contributed by atoms with E-state index in [1.165, 1.54) is 0 Å². The molecule has 0 unspecified atom stereocenters. The molecule has 3 nitrogen and oxygen atoms in total. The number of ether oxygens (including phenoxy) is 1. The molecule has 100 valence electrons. The van der Waals surface area contributed by atoms with Crippen LogP contribution in [0, 0.1) is 5.92 Å². The van der Waals surface area contributed by atoms with Crippen molar-refractivity contribution in [3.05, 3.63) is 24.3 Å². The van der Waals surface area contributed by atoms with E-state index in [1.54, 1.807) is 4.90 Å². The largest absolute Gasteiger partial charge is 0.493 e. The number of amides is 1. The van der Waals surface area contributed by atoms with Crippen molar-refractivity contribution in [2.75, 3.05) is 18.6 Å². The van der Waals surface area contributed by atoms with Gasteiger partial charge in [0.15, 0.2) is 0 Å². The summed E-state index contributed by atoms with van der Waals surface area (Å²) in [6, 6.07) is 7.66. The van der Waals surface area contributed by atoms with Crippen LogP contribution in [0.1, 0.15) is 33.6 Å². The molecule has 0 radical (unpaired) electrons. The third-order valence-corrected chi connectivity index (χ3v) is 2.65. The summed E-state index contributed by atoms with van der Waals surface area (Å²) in [5.41, 5.74) is 0.908. The zero-order valence-electron chi connectivity index (χ0n) is 11.8. The molecule has 0 aliphatic carbocycles. The lowest BCUT2D eigenvalue weighted by molar-refractivity contribution is -0.118. The summed E-state index contributed by atoms with van der Waals surface area (Å²) in [5.74, 6) is 1.51. The highest BCUT2D eigenvalue weighted by atomic mass is 16.5. The molecule has 18 heavy (non-hydrogen) atoms. The Labute approximate surface area is 110 Å². The third kappa shape index (κ3) is 4.40. The zero-order valence-corrected chi connectivity index (χ0v) is 11.8. The van der Waals surface area contributed by atoms with Gasteiger partial charge in [-0.05, 0) is 36.6 Å². The maximum absolute atomic E-state index is 11.7. The summed E-state index contributed by atoms with van der Waals surface area (Å²) in [4.78, 5) is 13.4. The Morgan fingerprint density at radius 3 is 2.39 bits per heavy atom. The van der Waals surface area contributed by atoms with Crippen molar-refractivity contribution in [2.24, 2.45) is 5.92 Å². The second-order valence-electron chi connectivity index (χ2n) is 4.90. The van der Waals surface area contributed by atoms with Gasteiger partial charge < -0.3 is 9.64 Å². The van der Waals surface area contributed by atoms with Crippen LogP contribution in [-0.2, 0) is 4.79 Å². The smallest absolute Gasteiger partial charge is 0.226 e. The van der Waals surface area contributed by atoms with Gasteiger partial charge in [0.2, 0.25) is 5.91 Å². The predicted molar refractivity (Wildman–Crippen MR) is 75.1 cm³/mol. The monoisotopic (exact) mass is 249 g/mol. The van der Waals surface area contributed by atoms with Crippen LogP contribution in [0.3, 0.4) is 0 Å². The summed E-state index contributed by atoms with van der Waals surface area (Å²) >= 11 is 0. The average Bonchev–Trinajstić information content (AvgIpc) is 2.36. The highest BCUT2D eigenvalue weighted by Crippen LogP contribution is 2.19. The van der Waals surface area contributed by atoms with Crippen molar-refractivity contribution in [3.8, 4) is 5.75 Å². The maximum Gasteiger partial charge on any atom is 0.226 e. The van der Waals surface area contributed by atoms with Crippen molar-refractivity contribution < 1.29 is 9.53 Å². The second kappa shape index (κ2) is 7.04. The minimum Gasteiger partial charge on any atom is -0.493 e. The topological polar surface area (TPSA) is 29.5 Å². The minimum absolute atomic E-state index is 0.147. The lowest BCUT2D eigenvalue weighted by atomic mass is 10.2. The fraction of sp³-hybridized carbons (Fsp3) is 0.533. The van der Waals surface area contributed by atoms with Gasteiger partial charge in [0, 0.05) is 19.2 Å². The van der Waals surface area contributed by atoms with Crippen LogP contribution >= 0.6 is 0 Å². The van der Waals surface area contributed by atoms with E-state index in [-0.39, 0.29) is 5.91 Å². The molecule has 1 aromatic carbocycles. The number of hydrogen-bond donors (Lipinski definition) is 0. The highest BCUT2D eigenvalue weighted by Gasteiger charge is 2.09. The summed E-state index contributed by atoms with van der Waals surface area (Å²) < 4.78 is 5.61. The first-order valence-corrected chi connectivity index (χ1v) is 6.54. The SMILES string of the molecule is CCCC(=O)N(C)c1ccc(OCC(C)C)cc1. The van der Waals surface area contributed by atoms with Crippen LogP contribution in [0.5, 0.6) is 5.75 Å². The van der Waals surface area contributed by atoms with Gasteiger partial charge in [0.05, 0.1) is 6.61 Å². The molecule has 0 aromatic heterocycles. The van der Waals surface area contributed by atoms with Gasteiger partial charge in [-0.15, -0.1) is 0 Å². The second-order valence-corrected chi connectivity index (χ2v) is 4.90. The van der Waals surface area contributed by atoms with Crippen LogP contribution in [0.15, 0.2) is 24.3 Å².